The highest BCUT2D eigenvalue weighted by molar-refractivity contribution is 5.44. The lowest BCUT2D eigenvalue weighted by molar-refractivity contribution is 0.156. The zero-order chi connectivity index (χ0) is 15.0. The molecule has 3 nitrogen and oxygen atoms in total. The summed E-state index contributed by atoms with van der Waals surface area (Å²) in [5.41, 5.74) is 8.70. The van der Waals surface area contributed by atoms with Gasteiger partial charge in [0.1, 0.15) is 23.4 Å². The van der Waals surface area contributed by atoms with Crippen molar-refractivity contribution >= 4 is 0 Å². The van der Waals surface area contributed by atoms with Gasteiger partial charge in [-0.05, 0) is 25.1 Å². The predicted octanol–water partition coefficient (Wildman–Crippen LogP) is 3.67. The molecule has 110 valence electrons. The van der Waals surface area contributed by atoms with E-state index < -0.39 is 0 Å². The summed E-state index contributed by atoms with van der Waals surface area (Å²) in [6.45, 7) is 1.93. The number of rotatable bonds is 2. The van der Waals surface area contributed by atoms with Crippen molar-refractivity contribution in [3.63, 3.8) is 0 Å². The Hall–Kier alpha value is -2.07. The fraction of sp³-hybridized carbons (Fsp3) is 0.294. The minimum absolute atomic E-state index is 0.176. The summed E-state index contributed by atoms with van der Waals surface area (Å²) < 4.78 is 25.2. The van der Waals surface area contributed by atoms with Crippen LogP contribution in [0.5, 0.6) is 11.5 Å². The number of ether oxygens (including phenoxy) is 2. The van der Waals surface area contributed by atoms with Crippen molar-refractivity contribution in [1.82, 2.24) is 0 Å². The van der Waals surface area contributed by atoms with Crippen LogP contribution in [0.1, 0.15) is 35.3 Å². The van der Waals surface area contributed by atoms with E-state index in [1.54, 1.807) is 19.2 Å². The second-order valence-corrected chi connectivity index (χ2v) is 5.38. The van der Waals surface area contributed by atoms with Gasteiger partial charge in [-0.15, -0.1) is 0 Å². The van der Waals surface area contributed by atoms with Crippen molar-refractivity contribution < 1.29 is 13.9 Å². The van der Waals surface area contributed by atoms with E-state index in [9.17, 15) is 4.39 Å². The van der Waals surface area contributed by atoms with E-state index >= 15 is 0 Å². The fourth-order valence-electron chi connectivity index (χ4n) is 2.71. The van der Waals surface area contributed by atoms with Crippen molar-refractivity contribution in [2.24, 2.45) is 5.73 Å². The molecule has 2 aromatic rings. The number of hydrogen-bond donors (Lipinski definition) is 1. The molecule has 1 aliphatic rings. The van der Waals surface area contributed by atoms with Crippen molar-refractivity contribution in [3.05, 3.63) is 58.9 Å². The number of halogens is 1. The zero-order valence-corrected chi connectivity index (χ0v) is 12.1. The van der Waals surface area contributed by atoms with Crippen molar-refractivity contribution in [2.45, 2.75) is 25.5 Å². The Labute approximate surface area is 123 Å². The second-order valence-electron chi connectivity index (χ2n) is 5.38. The van der Waals surface area contributed by atoms with Crippen LogP contribution in [0.25, 0.3) is 0 Å². The molecule has 2 aromatic carbocycles. The number of hydrogen-bond acceptors (Lipinski definition) is 3. The normalized spacial score (nSPS) is 20.6. The van der Waals surface area contributed by atoms with Crippen LogP contribution in [0.15, 0.2) is 36.4 Å². The first-order valence-corrected chi connectivity index (χ1v) is 6.94. The molecule has 0 radical (unpaired) electrons. The molecule has 21 heavy (non-hydrogen) atoms. The molecule has 2 N–H and O–H groups in total. The largest absolute Gasteiger partial charge is 0.497 e. The summed E-state index contributed by atoms with van der Waals surface area (Å²) in [5, 5.41) is 0. The molecule has 0 fully saturated rings. The van der Waals surface area contributed by atoms with Crippen LogP contribution in [0.3, 0.4) is 0 Å². The van der Waals surface area contributed by atoms with Gasteiger partial charge in [0, 0.05) is 29.7 Å². The smallest absolute Gasteiger partial charge is 0.130 e. The Morgan fingerprint density at radius 3 is 2.76 bits per heavy atom. The Bertz CT molecular complexity index is 672. The van der Waals surface area contributed by atoms with Gasteiger partial charge in [0.25, 0.3) is 0 Å². The first-order chi connectivity index (χ1) is 10.1. The van der Waals surface area contributed by atoms with Crippen molar-refractivity contribution in [3.8, 4) is 11.5 Å². The molecule has 4 heteroatoms. The van der Waals surface area contributed by atoms with Gasteiger partial charge in [0.05, 0.1) is 7.11 Å². The van der Waals surface area contributed by atoms with Crippen LogP contribution in [-0.2, 0) is 0 Å². The van der Waals surface area contributed by atoms with E-state index in [0.717, 1.165) is 11.1 Å². The fourth-order valence-corrected chi connectivity index (χ4v) is 2.71. The number of nitrogens with two attached hydrogens (primary N) is 1. The SMILES string of the molecule is COc1ccc2c(c1)OC(c1cc(C)ccc1F)CC2N. The van der Waals surface area contributed by atoms with Gasteiger partial charge in [-0.2, -0.15) is 0 Å². The van der Waals surface area contributed by atoms with Crippen molar-refractivity contribution in [1.29, 1.82) is 0 Å². The first kappa shape index (κ1) is 13.9. The summed E-state index contributed by atoms with van der Waals surface area (Å²) in [6.07, 6.45) is 0.180. The van der Waals surface area contributed by atoms with Crippen LogP contribution in [0.2, 0.25) is 0 Å². The maximum absolute atomic E-state index is 14.1. The summed E-state index contributed by atoms with van der Waals surface area (Å²) >= 11 is 0. The molecule has 0 amide bonds. The molecule has 0 spiro atoms. The Morgan fingerprint density at radius 2 is 2.00 bits per heavy atom. The third-order valence-corrected chi connectivity index (χ3v) is 3.86. The highest BCUT2D eigenvalue weighted by atomic mass is 19.1. The van der Waals surface area contributed by atoms with E-state index in [4.69, 9.17) is 15.2 Å². The monoisotopic (exact) mass is 287 g/mol. The van der Waals surface area contributed by atoms with E-state index in [1.807, 2.05) is 25.1 Å². The molecular weight excluding hydrogens is 269 g/mol. The zero-order valence-electron chi connectivity index (χ0n) is 12.1. The highest BCUT2D eigenvalue weighted by Gasteiger charge is 2.29. The summed E-state index contributed by atoms with van der Waals surface area (Å²) in [7, 11) is 1.60. The molecule has 2 atom stereocenters. The minimum atomic E-state index is -0.375. The van der Waals surface area contributed by atoms with Crippen LogP contribution in [0.4, 0.5) is 4.39 Å². The summed E-state index contributed by atoms with van der Waals surface area (Å²) in [4.78, 5) is 0. The average Bonchev–Trinajstić information content (AvgIpc) is 2.49. The number of aryl methyl sites for hydroxylation is 1. The lowest BCUT2D eigenvalue weighted by Crippen LogP contribution is -2.24. The number of fused-ring (bicyclic) bond motifs is 1. The summed E-state index contributed by atoms with van der Waals surface area (Å²) in [5.74, 6) is 1.11. The number of methoxy groups -OCH3 is 1. The lowest BCUT2D eigenvalue weighted by Gasteiger charge is -2.31. The van der Waals surface area contributed by atoms with Gasteiger partial charge in [0.2, 0.25) is 0 Å². The van der Waals surface area contributed by atoms with Crippen LogP contribution < -0.4 is 15.2 Å². The Morgan fingerprint density at radius 1 is 1.19 bits per heavy atom. The van der Waals surface area contributed by atoms with E-state index in [-0.39, 0.29) is 18.0 Å². The average molecular weight is 287 g/mol. The van der Waals surface area contributed by atoms with E-state index in [2.05, 4.69) is 0 Å². The lowest BCUT2D eigenvalue weighted by atomic mass is 9.92. The quantitative estimate of drug-likeness (QED) is 0.916. The Balaban J connectivity index is 1.98. The second kappa shape index (κ2) is 5.37. The van der Waals surface area contributed by atoms with E-state index in [1.165, 1.54) is 6.07 Å². The van der Waals surface area contributed by atoms with Crippen LogP contribution >= 0.6 is 0 Å². The van der Waals surface area contributed by atoms with Gasteiger partial charge >= 0.3 is 0 Å². The molecule has 0 aliphatic carbocycles. The van der Waals surface area contributed by atoms with Gasteiger partial charge < -0.3 is 15.2 Å². The van der Waals surface area contributed by atoms with E-state index in [0.29, 0.717) is 23.5 Å². The molecule has 3 rings (SSSR count). The molecule has 0 saturated carbocycles. The topological polar surface area (TPSA) is 44.5 Å². The summed E-state index contributed by atoms with van der Waals surface area (Å²) in [6, 6.07) is 10.4. The predicted molar refractivity (Wildman–Crippen MR) is 79.0 cm³/mol. The maximum Gasteiger partial charge on any atom is 0.130 e. The van der Waals surface area contributed by atoms with Gasteiger partial charge in [0.15, 0.2) is 0 Å². The molecular formula is C17H18FNO2. The molecule has 0 saturated heterocycles. The molecule has 1 aliphatic heterocycles. The minimum Gasteiger partial charge on any atom is -0.497 e. The number of benzene rings is 2. The van der Waals surface area contributed by atoms with Gasteiger partial charge in [-0.1, -0.05) is 17.7 Å². The van der Waals surface area contributed by atoms with Crippen molar-refractivity contribution in [2.75, 3.05) is 7.11 Å². The standard InChI is InChI=1S/C17H18FNO2/c1-10-3-6-14(18)13(7-10)17-9-15(19)12-5-4-11(20-2)8-16(12)21-17/h3-8,15,17H,9,19H2,1-2H3. The van der Waals surface area contributed by atoms with Crippen LogP contribution in [0, 0.1) is 12.7 Å². The van der Waals surface area contributed by atoms with Crippen LogP contribution in [-0.4, -0.2) is 7.11 Å². The first-order valence-electron chi connectivity index (χ1n) is 6.94. The van der Waals surface area contributed by atoms with Gasteiger partial charge in [-0.3, -0.25) is 0 Å². The maximum atomic E-state index is 14.1. The Kier molecular flexibility index (Phi) is 3.55. The van der Waals surface area contributed by atoms with Gasteiger partial charge in [-0.25, -0.2) is 4.39 Å². The molecule has 0 bridgehead atoms. The third kappa shape index (κ3) is 2.59. The molecule has 1 heterocycles. The molecule has 0 aromatic heterocycles. The highest BCUT2D eigenvalue weighted by Crippen LogP contribution is 2.41. The molecule has 2 unspecified atom stereocenters. The third-order valence-electron chi connectivity index (χ3n) is 3.86.